The first-order valence-electron chi connectivity index (χ1n) is 7.06. The van der Waals surface area contributed by atoms with Gasteiger partial charge in [-0.2, -0.15) is 0 Å². The third kappa shape index (κ3) is 6.17. The number of benzene rings is 1. The minimum Gasteiger partial charge on any atom is -0.464 e. The molecule has 0 bridgehead atoms. The van der Waals surface area contributed by atoms with Crippen molar-refractivity contribution in [3.8, 4) is 0 Å². The van der Waals surface area contributed by atoms with Gasteiger partial charge in [0.2, 0.25) is 0 Å². The lowest BCUT2D eigenvalue weighted by molar-refractivity contribution is -0.158. The second-order valence-corrected chi connectivity index (χ2v) is 4.88. The molecule has 0 saturated heterocycles. The van der Waals surface area contributed by atoms with Gasteiger partial charge in [-0.1, -0.05) is 44.2 Å². The van der Waals surface area contributed by atoms with E-state index in [0.29, 0.717) is 32.3 Å². The number of ether oxygens (including phenoxy) is 3. The normalized spacial score (nSPS) is 12.4. The van der Waals surface area contributed by atoms with E-state index in [1.165, 1.54) is 0 Å². The zero-order valence-electron chi connectivity index (χ0n) is 12.5. The van der Waals surface area contributed by atoms with Gasteiger partial charge >= 0.3 is 5.97 Å². The molecule has 0 aliphatic heterocycles. The molecule has 0 aromatic heterocycles. The lowest BCUT2D eigenvalue weighted by Gasteiger charge is -2.17. The Hall–Kier alpha value is -1.39. The minimum atomic E-state index is -0.682. The van der Waals surface area contributed by atoms with Crippen LogP contribution in [0, 0.1) is 5.92 Å². The van der Waals surface area contributed by atoms with Crippen LogP contribution in [0.15, 0.2) is 30.3 Å². The van der Waals surface area contributed by atoms with Gasteiger partial charge in [0.1, 0.15) is 0 Å². The predicted octanol–water partition coefficient (Wildman–Crippen LogP) is 2.98. The molecule has 0 saturated carbocycles. The SMILES string of the molecule is CCOC(=O)C(OCCOCC(C)C)c1ccccc1. The fraction of sp³-hybridized carbons (Fsp3) is 0.562. The van der Waals surface area contributed by atoms with E-state index < -0.39 is 6.10 Å². The van der Waals surface area contributed by atoms with E-state index in [1.54, 1.807) is 6.92 Å². The maximum atomic E-state index is 11.9. The molecule has 112 valence electrons. The van der Waals surface area contributed by atoms with Crippen LogP contribution in [-0.2, 0) is 19.0 Å². The van der Waals surface area contributed by atoms with Crippen molar-refractivity contribution < 1.29 is 19.0 Å². The summed E-state index contributed by atoms with van der Waals surface area (Å²) in [5.74, 6) is 0.132. The van der Waals surface area contributed by atoms with Gasteiger partial charge in [0.25, 0.3) is 0 Å². The van der Waals surface area contributed by atoms with Crippen LogP contribution in [0.2, 0.25) is 0 Å². The summed E-state index contributed by atoms with van der Waals surface area (Å²) in [6.07, 6.45) is -0.682. The summed E-state index contributed by atoms with van der Waals surface area (Å²) in [5, 5.41) is 0. The summed E-state index contributed by atoms with van der Waals surface area (Å²) < 4.78 is 16.1. The van der Waals surface area contributed by atoms with E-state index in [0.717, 1.165) is 5.56 Å². The van der Waals surface area contributed by atoms with Crippen LogP contribution in [0.4, 0.5) is 0 Å². The van der Waals surface area contributed by atoms with Crippen LogP contribution in [0.3, 0.4) is 0 Å². The summed E-state index contributed by atoms with van der Waals surface area (Å²) >= 11 is 0. The highest BCUT2D eigenvalue weighted by Gasteiger charge is 2.22. The first-order chi connectivity index (χ1) is 9.65. The molecule has 4 nitrogen and oxygen atoms in total. The fourth-order valence-electron chi connectivity index (χ4n) is 1.69. The van der Waals surface area contributed by atoms with Crippen LogP contribution in [0.5, 0.6) is 0 Å². The molecule has 0 heterocycles. The molecule has 1 rings (SSSR count). The van der Waals surface area contributed by atoms with E-state index in [4.69, 9.17) is 14.2 Å². The van der Waals surface area contributed by atoms with E-state index >= 15 is 0 Å². The van der Waals surface area contributed by atoms with Crippen LogP contribution in [0.1, 0.15) is 32.4 Å². The first kappa shape index (κ1) is 16.7. The average molecular weight is 280 g/mol. The standard InChI is InChI=1S/C16H24O4/c1-4-19-16(17)15(14-8-6-5-7-9-14)20-11-10-18-12-13(2)3/h5-9,13,15H,4,10-12H2,1-3H3. The number of rotatable bonds is 9. The molecule has 1 unspecified atom stereocenters. The number of carbonyl (C=O) groups excluding carboxylic acids is 1. The number of hydrogen-bond donors (Lipinski definition) is 0. The maximum Gasteiger partial charge on any atom is 0.339 e. The number of carbonyl (C=O) groups is 1. The summed E-state index contributed by atoms with van der Waals surface area (Å²) in [5.41, 5.74) is 0.801. The molecule has 0 N–H and O–H groups in total. The van der Waals surface area contributed by atoms with Crippen molar-refractivity contribution in [1.29, 1.82) is 0 Å². The fourth-order valence-corrected chi connectivity index (χ4v) is 1.69. The number of hydrogen-bond acceptors (Lipinski definition) is 4. The van der Waals surface area contributed by atoms with E-state index in [-0.39, 0.29) is 5.97 Å². The second kappa shape index (κ2) is 9.50. The summed E-state index contributed by atoms with van der Waals surface area (Å²) in [6, 6.07) is 9.37. The largest absolute Gasteiger partial charge is 0.464 e. The number of esters is 1. The minimum absolute atomic E-state index is 0.343. The van der Waals surface area contributed by atoms with E-state index in [2.05, 4.69) is 13.8 Å². The van der Waals surface area contributed by atoms with Crippen molar-refractivity contribution in [1.82, 2.24) is 0 Å². The first-order valence-corrected chi connectivity index (χ1v) is 7.06. The highest BCUT2D eigenvalue weighted by atomic mass is 16.6. The molecule has 20 heavy (non-hydrogen) atoms. The van der Waals surface area contributed by atoms with Crippen LogP contribution >= 0.6 is 0 Å². The third-order valence-corrected chi connectivity index (χ3v) is 2.57. The highest BCUT2D eigenvalue weighted by Crippen LogP contribution is 2.18. The van der Waals surface area contributed by atoms with Gasteiger partial charge in [-0.15, -0.1) is 0 Å². The summed E-state index contributed by atoms with van der Waals surface area (Å²) in [7, 11) is 0. The highest BCUT2D eigenvalue weighted by molar-refractivity contribution is 5.76. The quantitative estimate of drug-likeness (QED) is 0.515. The van der Waals surface area contributed by atoms with Crippen molar-refractivity contribution in [2.24, 2.45) is 5.92 Å². The molecular formula is C16H24O4. The molecular weight excluding hydrogens is 256 g/mol. The monoisotopic (exact) mass is 280 g/mol. The Kier molecular flexibility index (Phi) is 7.92. The summed E-state index contributed by atoms with van der Waals surface area (Å²) in [4.78, 5) is 11.9. The molecule has 0 amide bonds. The lowest BCUT2D eigenvalue weighted by atomic mass is 10.1. The van der Waals surface area contributed by atoms with Crippen LogP contribution in [0.25, 0.3) is 0 Å². The zero-order valence-corrected chi connectivity index (χ0v) is 12.5. The van der Waals surface area contributed by atoms with Gasteiger partial charge in [0, 0.05) is 6.61 Å². The predicted molar refractivity (Wildman–Crippen MR) is 77.4 cm³/mol. The van der Waals surface area contributed by atoms with Crippen molar-refractivity contribution in [3.05, 3.63) is 35.9 Å². The summed E-state index contributed by atoms with van der Waals surface area (Å²) in [6.45, 7) is 7.84. The molecule has 0 radical (unpaired) electrons. The van der Waals surface area contributed by atoms with Crippen molar-refractivity contribution in [3.63, 3.8) is 0 Å². The van der Waals surface area contributed by atoms with E-state index in [1.807, 2.05) is 30.3 Å². The lowest BCUT2D eigenvalue weighted by Crippen LogP contribution is -2.21. The van der Waals surface area contributed by atoms with Gasteiger partial charge in [-0.25, -0.2) is 4.79 Å². The second-order valence-electron chi connectivity index (χ2n) is 4.88. The van der Waals surface area contributed by atoms with Crippen molar-refractivity contribution in [2.75, 3.05) is 26.4 Å². The average Bonchev–Trinajstić information content (AvgIpc) is 2.43. The Labute approximate surface area is 121 Å². The Bertz CT molecular complexity index is 375. The molecule has 1 atom stereocenters. The molecule has 4 heteroatoms. The van der Waals surface area contributed by atoms with Crippen molar-refractivity contribution in [2.45, 2.75) is 26.9 Å². The smallest absolute Gasteiger partial charge is 0.339 e. The Morgan fingerprint density at radius 2 is 1.85 bits per heavy atom. The molecule has 1 aromatic rings. The van der Waals surface area contributed by atoms with Gasteiger partial charge < -0.3 is 14.2 Å². The topological polar surface area (TPSA) is 44.8 Å². The Morgan fingerprint density at radius 1 is 1.15 bits per heavy atom. The van der Waals surface area contributed by atoms with Crippen molar-refractivity contribution >= 4 is 5.97 Å². The molecule has 0 fully saturated rings. The Morgan fingerprint density at radius 3 is 2.45 bits per heavy atom. The third-order valence-electron chi connectivity index (χ3n) is 2.57. The Balaban J connectivity index is 2.49. The molecule has 0 aliphatic rings. The van der Waals surface area contributed by atoms with Crippen LogP contribution < -0.4 is 0 Å². The maximum absolute atomic E-state index is 11.9. The van der Waals surface area contributed by atoms with Gasteiger partial charge in [0.15, 0.2) is 6.10 Å². The molecule has 0 aliphatic carbocycles. The molecule has 0 spiro atoms. The van der Waals surface area contributed by atoms with Gasteiger partial charge in [0.05, 0.1) is 19.8 Å². The van der Waals surface area contributed by atoms with E-state index in [9.17, 15) is 4.79 Å². The zero-order chi connectivity index (χ0) is 14.8. The van der Waals surface area contributed by atoms with Crippen LogP contribution in [-0.4, -0.2) is 32.4 Å². The molecule has 1 aromatic carbocycles. The van der Waals surface area contributed by atoms with Gasteiger partial charge in [-0.3, -0.25) is 0 Å². The van der Waals surface area contributed by atoms with Gasteiger partial charge in [-0.05, 0) is 18.4 Å².